The molecule has 2 aromatic heterocycles. The first-order valence-electron chi connectivity index (χ1n) is 9.89. The van der Waals surface area contributed by atoms with Gasteiger partial charge in [0.1, 0.15) is 11.4 Å². The van der Waals surface area contributed by atoms with E-state index in [0.717, 1.165) is 38.2 Å². The smallest absolute Gasteiger partial charge is 0.272 e. The molecule has 0 spiro atoms. The van der Waals surface area contributed by atoms with Gasteiger partial charge in [-0.25, -0.2) is 4.68 Å². The highest BCUT2D eigenvalue weighted by Gasteiger charge is 2.27. The first-order chi connectivity index (χ1) is 13.8. The number of hydrogen-bond acceptors (Lipinski definition) is 4. The van der Waals surface area contributed by atoms with Gasteiger partial charge in [-0.2, -0.15) is 5.10 Å². The summed E-state index contributed by atoms with van der Waals surface area (Å²) in [7, 11) is 1.99. The van der Waals surface area contributed by atoms with Gasteiger partial charge < -0.3 is 14.6 Å². The van der Waals surface area contributed by atoms with E-state index in [4.69, 9.17) is 4.42 Å². The Labute approximate surface area is 165 Å². The van der Waals surface area contributed by atoms with Crippen LogP contribution >= 0.6 is 0 Å². The van der Waals surface area contributed by atoms with Crippen LogP contribution in [0.5, 0.6) is 0 Å². The molecule has 3 aromatic rings. The van der Waals surface area contributed by atoms with Crippen molar-refractivity contribution in [2.45, 2.75) is 19.3 Å². The van der Waals surface area contributed by atoms with Crippen molar-refractivity contribution in [2.24, 2.45) is 5.92 Å². The lowest BCUT2D eigenvalue weighted by Crippen LogP contribution is -2.39. The Bertz CT molecular complexity index is 894. The third kappa shape index (κ3) is 3.87. The summed E-state index contributed by atoms with van der Waals surface area (Å²) in [5.74, 6) is 1.38. The average Bonchev–Trinajstić information content (AvgIpc) is 3.42. The predicted molar refractivity (Wildman–Crippen MR) is 108 cm³/mol. The molecule has 0 unspecified atom stereocenters. The summed E-state index contributed by atoms with van der Waals surface area (Å²) in [5, 5.41) is 7.88. The zero-order valence-electron chi connectivity index (χ0n) is 16.2. The van der Waals surface area contributed by atoms with Crippen LogP contribution in [-0.4, -0.2) is 47.3 Å². The summed E-state index contributed by atoms with van der Waals surface area (Å²) in [4.78, 5) is 15.3. The molecular formula is C22H26N4O2. The SMILES string of the molecule is CNCCC1CCN(C(=O)c2cc(-c3ccco3)nn2-c2ccccc2)CC1. The molecule has 0 saturated carbocycles. The minimum atomic E-state index is 0.0289. The van der Waals surface area contributed by atoms with Crippen LogP contribution in [0.4, 0.5) is 0 Å². The van der Waals surface area contributed by atoms with Crippen LogP contribution in [0.25, 0.3) is 17.1 Å². The van der Waals surface area contributed by atoms with Crippen LogP contribution in [0.2, 0.25) is 0 Å². The van der Waals surface area contributed by atoms with E-state index in [1.54, 1.807) is 10.9 Å². The molecule has 0 aliphatic carbocycles. The van der Waals surface area contributed by atoms with E-state index in [0.29, 0.717) is 23.1 Å². The summed E-state index contributed by atoms with van der Waals surface area (Å²) in [6.45, 7) is 2.62. The second kappa shape index (κ2) is 8.44. The number of amides is 1. The molecule has 0 radical (unpaired) electrons. The fraction of sp³-hybridized carbons (Fsp3) is 0.364. The highest BCUT2D eigenvalue weighted by atomic mass is 16.3. The monoisotopic (exact) mass is 378 g/mol. The maximum absolute atomic E-state index is 13.3. The first-order valence-corrected chi connectivity index (χ1v) is 9.89. The molecule has 1 aromatic carbocycles. The third-order valence-corrected chi connectivity index (χ3v) is 5.41. The lowest BCUT2D eigenvalue weighted by atomic mass is 9.93. The zero-order chi connectivity index (χ0) is 19.3. The Hall–Kier alpha value is -2.86. The second-order valence-electron chi connectivity index (χ2n) is 7.27. The van der Waals surface area contributed by atoms with E-state index in [2.05, 4.69) is 10.4 Å². The number of likely N-dealkylation sites (tertiary alicyclic amines) is 1. The van der Waals surface area contributed by atoms with Crippen LogP contribution in [0.15, 0.2) is 59.2 Å². The predicted octanol–water partition coefficient (Wildman–Crippen LogP) is 3.59. The number of carbonyl (C=O) groups is 1. The standard InChI is InChI=1S/C22H26N4O2/c1-23-12-9-17-10-13-25(14-11-17)22(27)20-16-19(21-8-5-15-28-21)24-26(20)18-6-3-2-4-7-18/h2-8,15-17,23H,9-14H2,1H3. The minimum absolute atomic E-state index is 0.0289. The van der Waals surface area contributed by atoms with Crippen molar-refractivity contribution in [3.63, 3.8) is 0 Å². The van der Waals surface area contributed by atoms with E-state index in [-0.39, 0.29) is 5.91 Å². The maximum Gasteiger partial charge on any atom is 0.272 e. The summed E-state index contributed by atoms with van der Waals surface area (Å²) in [6, 6.07) is 15.3. The number of carbonyl (C=O) groups excluding carboxylic acids is 1. The molecule has 3 heterocycles. The fourth-order valence-electron chi connectivity index (χ4n) is 3.78. The summed E-state index contributed by atoms with van der Waals surface area (Å²) < 4.78 is 7.22. The number of nitrogens with zero attached hydrogens (tertiary/aromatic N) is 3. The van der Waals surface area contributed by atoms with Gasteiger partial charge in [-0.1, -0.05) is 18.2 Å². The largest absolute Gasteiger partial charge is 0.463 e. The Morgan fingerprint density at radius 1 is 1.18 bits per heavy atom. The van der Waals surface area contributed by atoms with E-state index in [1.165, 1.54) is 6.42 Å². The molecule has 6 heteroatoms. The highest BCUT2D eigenvalue weighted by molar-refractivity contribution is 5.94. The molecule has 146 valence electrons. The number of hydrogen-bond donors (Lipinski definition) is 1. The summed E-state index contributed by atoms with van der Waals surface area (Å²) >= 11 is 0. The van der Waals surface area contributed by atoms with Crippen LogP contribution in [0.1, 0.15) is 29.8 Å². The topological polar surface area (TPSA) is 63.3 Å². The van der Waals surface area contributed by atoms with Crippen molar-refractivity contribution in [3.05, 3.63) is 60.5 Å². The molecule has 0 bridgehead atoms. The van der Waals surface area contributed by atoms with Gasteiger partial charge in [0.15, 0.2) is 5.76 Å². The van der Waals surface area contributed by atoms with Crippen molar-refractivity contribution in [3.8, 4) is 17.1 Å². The first kappa shape index (κ1) is 18.5. The summed E-state index contributed by atoms with van der Waals surface area (Å²) in [5.41, 5.74) is 2.11. The maximum atomic E-state index is 13.3. The van der Waals surface area contributed by atoms with Gasteiger partial charge in [-0.3, -0.25) is 4.79 Å². The quantitative estimate of drug-likeness (QED) is 0.712. The van der Waals surface area contributed by atoms with Crippen molar-refractivity contribution < 1.29 is 9.21 Å². The number of furan rings is 1. The Balaban J connectivity index is 1.59. The Kier molecular flexibility index (Phi) is 5.58. The molecule has 1 aliphatic heterocycles. The molecule has 1 saturated heterocycles. The zero-order valence-corrected chi connectivity index (χ0v) is 16.2. The molecule has 0 atom stereocenters. The number of benzene rings is 1. The second-order valence-corrected chi connectivity index (χ2v) is 7.27. The Morgan fingerprint density at radius 2 is 1.96 bits per heavy atom. The minimum Gasteiger partial charge on any atom is -0.463 e. The molecule has 1 amide bonds. The molecule has 4 rings (SSSR count). The lowest BCUT2D eigenvalue weighted by molar-refractivity contribution is 0.0678. The van der Waals surface area contributed by atoms with Gasteiger partial charge in [0.2, 0.25) is 0 Å². The Morgan fingerprint density at radius 3 is 2.64 bits per heavy atom. The van der Waals surface area contributed by atoms with Crippen molar-refractivity contribution in [2.75, 3.05) is 26.7 Å². The van der Waals surface area contributed by atoms with E-state index < -0.39 is 0 Å². The van der Waals surface area contributed by atoms with Crippen molar-refractivity contribution in [1.82, 2.24) is 20.0 Å². The van der Waals surface area contributed by atoms with Crippen LogP contribution in [0.3, 0.4) is 0 Å². The number of aromatic nitrogens is 2. The molecule has 6 nitrogen and oxygen atoms in total. The normalized spacial score (nSPS) is 15.1. The molecular weight excluding hydrogens is 352 g/mol. The molecule has 1 fully saturated rings. The van der Waals surface area contributed by atoms with Crippen molar-refractivity contribution >= 4 is 5.91 Å². The molecule has 1 N–H and O–H groups in total. The fourth-order valence-corrected chi connectivity index (χ4v) is 3.78. The highest BCUT2D eigenvalue weighted by Crippen LogP contribution is 2.25. The van der Waals surface area contributed by atoms with Gasteiger partial charge in [0, 0.05) is 19.2 Å². The lowest BCUT2D eigenvalue weighted by Gasteiger charge is -2.32. The summed E-state index contributed by atoms with van der Waals surface area (Å²) in [6.07, 6.45) is 4.90. The van der Waals surface area contributed by atoms with Gasteiger partial charge in [0.25, 0.3) is 5.91 Å². The van der Waals surface area contributed by atoms with Crippen molar-refractivity contribution in [1.29, 1.82) is 0 Å². The van der Waals surface area contributed by atoms with Gasteiger partial charge in [0.05, 0.1) is 12.0 Å². The third-order valence-electron chi connectivity index (χ3n) is 5.41. The van der Waals surface area contributed by atoms with E-state index >= 15 is 0 Å². The van der Waals surface area contributed by atoms with Gasteiger partial charge >= 0.3 is 0 Å². The van der Waals surface area contributed by atoms with Crippen LogP contribution in [-0.2, 0) is 0 Å². The number of piperidine rings is 1. The average molecular weight is 378 g/mol. The number of para-hydroxylation sites is 1. The number of nitrogens with one attached hydrogen (secondary N) is 1. The number of rotatable bonds is 6. The molecule has 28 heavy (non-hydrogen) atoms. The van der Waals surface area contributed by atoms with E-state index in [1.807, 2.05) is 60.5 Å². The van der Waals surface area contributed by atoms with Gasteiger partial charge in [-0.05, 0) is 63.0 Å². The molecule has 1 aliphatic rings. The van der Waals surface area contributed by atoms with Crippen LogP contribution < -0.4 is 5.32 Å². The van der Waals surface area contributed by atoms with E-state index in [9.17, 15) is 4.79 Å². The van der Waals surface area contributed by atoms with Crippen LogP contribution in [0, 0.1) is 5.92 Å². The van der Waals surface area contributed by atoms with Gasteiger partial charge in [-0.15, -0.1) is 0 Å².